The monoisotopic (exact) mass is 1050 g/mol. The van der Waals surface area contributed by atoms with Crippen LogP contribution in [0.1, 0.15) is 382 Å². The van der Waals surface area contributed by atoms with Crippen molar-refractivity contribution in [2.75, 3.05) is 13.2 Å². The minimum absolute atomic E-state index is 0.0621. The maximum Gasteiger partial charge on any atom is 0.306 e. The summed E-state index contributed by atoms with van der Waals surface area (Å²) in [6.45, 7) is 13.9. The van der Waals surface area contributed by atoms with Crippen LogP contribution in [0.2, 0.25) is 0 Å². The summed E-state index contributed by atoms with van der Waals surface area (Å²) < 4.78 is 17.0. The van der Waals surface area contributed by atoms with Gasteiger partial charge in [-0.15, -0.1) is 0 Å². The van der Waals surface area contributed by atoms with Gasteiger partial charge in [0.05, 0.1) is 0 Å². The molecule has 0 saturated carbocycles. The number of rotatable bonds is 61. The molecule has 0 spiro atoms. The van der Waals surface area contributed by atoms with Gasteiger partial charge in [0, 0.05) is 19.3 Å². The lowest BCUT2D eigenvalue weighted by Crippen LogP contribution is -2.30. The SMILES string of the molecule is CCC(C)CCCCCCCCCCCCCCCCC(=O)O[C@H](COC(=O)CCCCCCCCCCCCCCCCCCCCC(C)C)COC(=O)CCCCCCCCCCCCCCCCC(C)C. The van der Waals surface area contributed by atoms with Crippen LogP contribution >= 0.6 is 0 Å². The van der Waals surface area contributed by atoms with Crippen molar-refractivity contribution >= 4 is 17.9 Å². The first kappa shape index (κ1) is 72.4. The number of carbonyl (C=O) groups is 3. The molecule has 0 amide bonds. The first-order chi connectivity index (χ1) is 36.1. The van der Waals surface area contributed by atoms with Crippen molar-refractivity contribution in [2.24, 2.45) is 17.8 Å². The van der Waals surface area contributed by atoms with E-state index in [2.05, 4.69) is 41.5 Å². The van der Waals surface area contributed by atoms with E-state index in [1.807, 2.05) is 0 Å². The van der Waals surface area contributed by atoms with Gasteiger partial charge in [0.2, 0.25) is 0 Å². The molecule has 0 rings (SSSR count). The van der Waals surface area contributed by atoms with Gasteiger partial charge in [0.25, 0.3) is 0 Å². The van der Waals surface area contributed by atoms with Crippen LogP contribution in [0, 0.1) is 17.8 Å². The summed E-state index contributed by atoms with van der Waals surface area (Å²) in [5, 5.41) is 0. The topological polar surface area (TPSA) is 78.9 Å². The Bertz CT molecular complexity index is 1150. The lowest BCUT2D eigenvalue weighted by atomic mass is 9.99. The second-order valence-electron chi connectivity index (χ2n) is 24.7. The molecule has 0 saturated heterocycles. The van der Waals surface area contributed by atoms with Gasteiger partial charge in [-0.05, 0) is 37.0 Å². The second kappa shape index (κ2) is 59.1. The van der Waals surface area contributed by atoms with E-state index in [-0.39, 0.29) is 31.1 Å². The second-order valence-corrected chi connectivity index (χ2v) is 24.7. The lowest BCUT2D eigenvalue weighted by molar-refractivity contribution is -0.167. The maximum absolute atomic E-state index is 12.9. The molecule has 0 aliphatic rings. The van der Waals surface area contributed by atoms with Gasteiger partial charge < -0.3 is 14.2 Å². The number of unbranched alkanes of at least 4 members (excludes halogenated alkanes) is 43. The number of ether oxygens (including phenoxy) is 3. The third-order valence-electron chi connectivity index (χ3n) is 16.0. The maximum atomic E-state index is 12.9. The summed E-state index contributed by atoms with van der Waals surface area (Å²) in [4.78, 5) is 38.4. The molecule has 0 aliphatic heterocycles. The summed E-state index contributed by atoms with van der Waals surface area (Å²) in [5.41, 5.74) is 0. The van der Waals surface area contributed by atoms with E-state index in [0.29, 0.717) is 19.3 Å². The van der Waals surface area contributed by atoms with Crippen molar-refractivity contribution in [3.8, 4) is 0 Å². The standard InChI is InChI=1S/C68H132O6/c1-7-64(6)56-50-44-38-32-26-20-15-17-23-29-35-41-47-53-59-68(71)74-65(61-73-67(70)58-52-46-40-34-28-22-16-14-19-25-31-37-43-49-55-63(4)5)60-72-66(69)57-51-45-39-33-27-21-13-11-9-8-10-12-18-24-30-36-42-48-54-62(2)3/h62-65H,7-61H2,1-6H3/t64?,65-/m1/s1. The fourth-order valence-electron chi connectivity index (χ4n) is 10.6. The average molecular weight is 1050 g/mol. The van der Waals surface area contributed by atoms with E-state index in [9.17, 15) is 14.4 Å². The first-order valence-corrected chi connectivity index (χ1v) is 33.6. The zero-order valence-corrected chi connectivity index (χ0v) is 51.1. The molecule has 0 aromatic carbocycles. The Labute approximate surface area is 463 Å². The van der Waals surface area contributed by atoms with Crippen LogP contribution in [0.3, 0.4) is 0 Å². The molecule has 440 valence electrons. The van der Waals surface area contributed by atoms with Crippen molar-refractivity contribution in [3.63, 3.8) is 0 Å². The first-order valence-electron chi connectivity index (χ1n) is 33.6. The van der Waals surface area contributed by atoms with Crippen LogP contribution < -0.4 is 0 Å². The highest BCUT2D eigenvalue weighted by atomic mass is 16.6. The van der Waals surface area contributed by atoms with Crippen LogP contribution in [-0.2, 0) is 28.6 Å². The molecule has 1 unspecified atom stereocenters. The molecule has 0 fully saturated rings. The zero-order valence-electron chi connectivity index (χ0n) is 51.1. The third kappa shape index (κ3) is 59.7. The van der Waals surface area contributed by atoms with Gasteiger partial charge in [-0.1, -0.05) is 343 Å². The molecule has 0 aliphatic carbocycles. The summed E-state index contributed by atoms with van der Waals surface area (Å²) in [6.07, 6.45) is 65.3. The Morgan fingerprint density at radius 1 is 0.270 bits per heavy atom. The highest BCUT2D eigenvalue weighted by Crippen LogP contribution is 2.20. The van der Waals surface area contributed by atoms with E-state index in [1.165, 1.54) is 263 Å². The van der Waals surface area contributed by atoms with Crippen molar-refractivity contribution in [2.45, 2.75) is 388 Å². The van der Waals surface area contributed by atoms with E-state index < -0.39 is 6.10 Å². The summed E-state index contributed by atoms with van der Waals surface area (Å²) in [5.74, 6) is 1.77. The van der Waals surface area contributed by atoms with Crippen LogP contribution in [0.25, 0.3) is 0 Å². The van der Waals surface area contributed by atoms with Crippen molar-refractivity contribution in [3.05, 3.63) is 0 Å². The zero-order chi connectivity index (χ0) is 54.1. The fourth-order valence-corrected chi connectivity index (χ4v) is 10.6. The van der Waals surface area contributed by atoms with Crippen molar-refractivity contribution in [1.29, 1.82) is 0 Å². The van der Waals surface area contributed by atoms with Gasteiger partial charge in [-0.25, -0.2) is 0 Å². The normalized spacial score (nSPS) is 12.5. The fraction of sp³-hybridized carbons (Fsp3) is 0.956. The molecule has 2 atom stereocenters. The summed E-state index contributed by atoms with van der Waals surface area (Å²) >= 11 is 0. The Morgan fingerprint density at radius 3 is 0.703 bits per heavy atom. The summed E-state index contributed by atoms with van der Waals surface area (Å²) in [6, 6.07) is 0. The van der Waals surface area contributed by atoms with E-state index in [1.54, 1.807) is 0 Å². The van der Waals surface area contributed by atoms with Crippen LogP contribution in [-0.4, -0.2) is 37.2 Å². The highest BCUT2D eigenvalue weighted by Gasteiger charge is 2.20. The Balaban J connectivity index is 4.28. The smallest absolute Gasteiger partial charge is 0.306 e. The van der Waals surface area contributed by atoms with Gasteiger partial charge in [0.1, 0.15) is 13.2 Å². The van der Waals surface area contributed by atoms with E-state index in [0.717, 1.165) is 75.5 Å². The predicted molar refractivity (Wildman–Crippen MR) is 321 cm³/mol. The van der Waals surface area contributed by atoms with Gasteiger partial charge in [-0.2, -0.15) is 0 Å². The van der Waals surface area contributed by atoms with Crippen molar-refractivity contribution in [1.82, 2.24) is 0 Å². The van der Waals surface area contributed by atoms with Crippen LogP contribution in [0.15, 0.2) is 0 Å². The molecule has 74 heavy (non-hydrogen) atoms. The molecular formula is C68H132O6. The Hall–Kier alpha value is -1.59. The van der Waals surface area contributed by atoms with Crippen LogP contribution in [0.4, 0.5) is 0 Å². The Morgan fingerprint density at radius 2 is 0.473 bits per heavy atom. The molecule has 6 heteroatoms. The number of carbonyl (C=O) groups excluding carboxylic acids is 3. The average Bonchev–Trinajstić information content (AvgIpc) is 3.38. The van der Waals surface area contributed by atoms with E-state index >= 15 is 0 Å². The minimum atomic E-state index is -0.765. The van der Waals surface area contributed by atoms with Gasteiger partial charge in [-0.3, -0.25) is 14.4 Å². The lowest BCUT2D eigenvalue weighted by Gasteiger charge is -2.18. The summed E-state index contributed by atoms with van der Waals surface area (Å²) in [7, 11) is 0. The molecule has 0 aromatic rings. The largest absolute Gasteiger partial charge is 0.462 e. The highest BCUT2D eigenvalue weighted by molar-refractivity contribution is 5.71. The quantitative estimate of drug-likeness (QED) is 0.0343. The van der Waals surface area contributed by atoms with Crippen LogP contribution in [0.5, 0.6) is 0 Å². The number of esters is 3. The molecule has 0 radical (unpaired) electrons. The molecule has 6 nitrogen and oxygen atoms in total. The molecule has 0 N–H and O–H groups in total. The minimum Gasteiger partial charge on any atom is -0.462 e. The molecule has 0 aromatic heterocycles. The number of hydrogen-bond donors (Lipinski definition) is 0. The van der Waals surface area contributed by atoms with Gasteiger partial charge >= 0.3 is 17.9 Å². The van der Waals surface area contributed by atoms with Crippen molar-refractivity contribution < 1.29 is 28.6 Å². The third-order valence-corrected chi connectivity index (χ3v) is 16.0. The molecule has 0 heterocycles. The Kier molecular flexibility index (Phi) is 57.8. The molecular weight excluding hydrogens is 913 g/mol. The molecule has 0 bridgehead atoms. The predicted octanol–water partition coefficient (Wildman–Crippen LogP) is 22.6. The van der Waals surface area contributed by atoms with E-state index in [4.69, 9.17) is 14.2 Å². The number of hydrogen-bond acceptors (Lipinski definition) is 6. The van der Waals surface area contributed by atoms with Gasteiger partial charge in [0.15, 0.2) is 6.10 Å².